The Morgan fingerprint density at radius 2 is 2.00 bits per heavy atom. The first-order valence-corrected chi connectivity index (χ1v) is 5.68. The summed E-state index contributed by atoms with van der Waals surface area (Å²) in [5.41, 5.74) is -0.0250. The highest BCUT2D eigenvalue weighted by Gasteiger charge is 2.13. The molecule has 102 valence electrons. The minimum atomic E-state index is -1.19. The van der Waals surface area contributed by atoms with Crippen molar-refractivity contribution in [1.82, 2.24) is 15.2 Å². The van der Waals surface area contributed by atoms with Crippen LogP contribution in [0.15, 0.2) is 30.6 Å². The number of hydrogen-bond donors (Lipinski definition) is 3. The Balaban J connectivity index is 2.15. The first-order valence-electron chi connectivity index (χ1n) is 5.31. The standard InChI is InChI=1S/C11H8ClN5O3/c12-6-1-2-7(9(18)19)8(5-6)15-11(20)16-10-13-3-4-14-17-10/h1-5H,(H,18,19)(H2,13,15,16,17,20). The van der Waals surface area contributed by atoms with Crippen molar-refractivity contribution in [1.29, 1.82) is 0 Å². The van der Waals surface area contributed by atoms with Crippen LogP contribution in [0.1, 0.15) is 10.4 Å². The molecule has 0 saturated carbocycles. The number of carboxylic acid groups (broad SMARTS) is 1. The van der Waals surface area contributed by atoms with Crippen molar-refractivity contribution in [2.24, 2.45) is 0 Å². The molecule has 2 aromatic rings. The first-order chi connectivity index (χ1) is 9.56. The lowest BCUT2D eigenvalue weighted by molar-refractivity contribution is 0.0698. The molecule has 20 heavy (non-hydrogen) atoms. The van der Waals surface area contributed by atoms with E-state index in [0.717, 1.165) is 0 Å². The summed E-state index contributed by atoms with van der Waals surface area (Å²) in [4.78, 5) is 26.5. The van der Waals surface area contributed by atoms with Crippen LogP contribution in [0.25, 0.3) is 0 Å². The number of hydrogen-bond acceptors (Lipinski definition) is 5. The van der Waals surface area contributed by atoms with Crippen molar-refractivity contribution >= 4 is 35.2 Å². The summed E-state index contributed by atoms with van der Waals surface area (Å²) in [6.45, 7) is 0. The predicted octanol–water partition coefficient (Wildman–Crippen LogP) is 1.87. The number of anilines is 2. The number of rotatable bonds is 3. The smallest absolute Gasteiger partial charge is 0.337 e. The van der Waals surface area contributed by atoms with Crippen LogP contribution >= 0.6 is 11.6 Å². The summed E-state index contributed by atoms with van der Waals surface area (Å²) >= 11 is 5.77. The highest BCUT2D eigenvalue weighted by Crippen LogP contribution is 2.21. The number of urea groups is 1. The van der Waals surface area contributed by atoms with E-state index in [1.807, 2.05) is 0 Å². The SMILES string of the molecule is O=C(Nc1nccnn1)Nc1cc(Cl)ccc1C(=O)O. The van der Waals surface area contributed by atoms with Gasteiger partial charge in [0.25, 0.3) is 5.95 Å². The zero-order valence-corrected chi connectivity index (χ0v) is 10.6. The number of aromatic carboxylic acids is 1. The number of aromatic nitrogens is 3. The van der Waals surface area contributed by atoms with Crippen molar-refractivity contribution in [2.45, 2.75) is 0 Å². The Kier molecular flexibility index (Phi) is 4.06. The third kappa shape index (κ3) is 3.39. The zero-order chi connectivity index (χ0) is 14.5. The number of carbonyl (C=O) groups is 2. The molecule has 0 fully saturated rings. The lowest BCUT2D eigenvalue weighted by Crippen LogP contribution is -2.22. The quantitative estimate of drug-likeness (QED) is 0.795. The van der Waals surface area contributed by atoms with E-state index in [9.17, 15) is 9.59 Å². The number of benzene rings is 1. The van der Waals surface area contributed by atoms with Crippen LogP contribution in [0.2, 0.25) is 5.02 Å². The fourth-order valence-electron chi connectivity index (χ4n) is 1.37. The second-order valence-electron chi connectivity index (χ2n) is 3.54. The number of amides is 2. The van der Waals surface area contributed by atoms with E-state index in [2.05, 4.69) is 25.8 Å². The Hall–Kier alpha value is -2.74. The topological polar surface area (TPSA) is 117 Å². The monoisotopic (exact) mass is 293 g/mol. The lowest BCUT2D eigenvalue weighted by Gasteiger charge is -2.09. The Morgan fingerprint density at radius 1 is 1.20 bits per heavy atom. The van der Waals surface area contributed by atoms with Crippen LogP contribution in [0.4, 0.5) is 16.4 Å². The molecule has 0 aliphatic heterocycles. The van der Waals surface area contributed by atoms with Crippen LogP contribution in [0.5, 0.6) is 0 Å². The fourth-order valence-corrected chi connectivity index (χ4v) is 1.54. The van der Waals surface area contributed by atoms with Gasteiger partial charge in [0.1, 0.15) is 0 Å². The van der Waals surface area contributed by atoms with E-state index in [4.69, 9.17) is 16.7 Å². The predicted molar refractivity (Wildman–Crippen MR) is 70.9 cm³/mol. The van der Waals surface area contributed by atoms with E-state index in [0.29, 0.717) is 5.02 Å². The minimum Gasteiger partial charge on any atom is -0.478 e. The Bertz CT molecular complexity index is 650. The number of carboxylic acids is 1. The van der Waals surface area contributed by atoms with Gasteiger partial charge in [-0.05, 0) is 18.2 Å². The maximum atomic E-state index is 11.7. The molecule has 9 heteroatoms. The third-order valence-corrected chi connectivity index (χ3v) is 2.40. The van der Waals surface area contributed by atoms with Crippen LogP contribution in [0, 0.1) is 0 Å². The number of nitrogens with one attached hydrogen (secondary N) is 2. The molecule has 2 amide bonds. The largest absolute Gasteiger partial charge is 0.478 e. The molecule has 0 spiro atoms. The molecule has 0 aliphatic carbocycles. The normalized spacial score (nSPS) is 9.85. The Labute approximate surface area is 117 Å². The van der Waals surface area contributed by atoms with Gasteiger partial charge in [-0.15, -0.1) is 5.10 Å². The van der Waals surface area contributed by atoms with Crippen LogP contribution in [-0.2, 0) is 0 Å². The van der Waals surface area contributed by atoms with Crippen molar-refractivity contribution in [2.75, 3.05) is 10.6 Å². The molecule has 1 heterocycles. The van der Waals surface area contributed by atoms with Gasteiger partial charge in [0.2, 0.25) is 0 Å². The summed E-state index contributed by atoms with van der Waals surface area (Å²) in [6.07, 6.45) is 2.70. The average molecular weight is 294 g/mol. The molecule has 0 aliphatic rings. The Morgan fingerprint density at radius 3 is 2.65 bits per heavy atom. The van der Waals surface area contributed by atoms with Crippen LogP contribution in [0.3, 0.4) is 0 Å². The second-order valence-corrected chi connectivity index (χ2v) is 3.98. The summed E-state index contributed by atoms with van der Waals surface area (Å²) in [6, 6.07) is 3.33. The summed E-state index contributed by atoms with van der Waals surface area (Å²) in [5, 5.41) is 21.1. The van der Waals surface area contributed by atoms with Gasteiger partial charge in [-0.2, -0.15) is 5.10 Å². The van der Waals surface area contributed by atoms with Gasteiger partial charge in [-0.3, -0.25) is 5.32 Å². The molecule has 1 aromatic heterocycles. The van der Waals surface area contributed by atoms with Crippen LogP contribution in [-0.4, -0.2) is 32.3 Å². The van der Waals surface area contributed by atoms with Gasteiger partial charge in [0.15, 0.2) is 0 Å². The van der Waals surface area contributed by atoms with Gasteiger partial charge >= 0.3 is 12.0 Å². The van der Waals surface area contributed by atoms with Crippen molar-refractivity contribution in [3.8, 4) is 0 Å². The number of nitrogens with zero attached hydrogens (tertiary/aromatic N) is 3. The maximum absolute atomic E-state index is 11.7. The van der Waals surface area contributed by atoms with E-state index < -0.39 is 12.0 Å². The maximum Gasteiger partial charge on any atom is 0.337 e. The molecular formula is C11H8ClN5O3. The summed E-state index contributed by atoms with van der Waals surface area (Å²) in [5.74, 6) is -1.20. The summed E-state index contributed by atoms with van der Waals surface area (Å²) in [7, 11) is 0. The van der Waals surface area contributed by atoms with E-state index in [1.165, 1.54) is 30.6 Å². The lowest BCUT2D eigenvalue weighted by atomic mass is 10.2. The van der Waals surface area contributed by atoms with E-state index in [-0.39, 0.29) is 17.2 Å². The molecule has 0 bridgehead atoms. The zero-order valence-electron chi connectivity index (χ0n) is 9.87. The molecule has 0 unspecified atom stereocenters. The van der Waals surface area contributed by atoms with Crippen molar-refractivity contribution in [3.05, 3.63) is 41.2 Å². The first kappa shape index (κ1) is 13.7. The molecule has 1 aromatic carbocycles. The average Bonchev–Trinajstić information content (AvgIpc) is 2.39. The molecule has 8 nitrogen and oxygen atoms in total. The molecule has 2 rings (SSSR count). The molecule has 0 saturated heterocycles. The highest BCUT2D eigenvalue weighted by molar-refractivity contribution is 6.31. The number of carbonyl (C=O) groups excluding carboxylic acids is 1. The number of halogens is 1. The summed E-state index contributed by atoms with van der Waals surface area (Å²) < 4.78 is 0. The molecule has 0 atom stereocenters. The molecular weight excluding hydrogens is 286 g/mol. The van der Waals surface area contributed by atoms with Crippen molar-refractivity contribution in [3.63, 3.8) is 0 Å². The highest BCUT2D eigenvalue weighted by atomic mass is 35.5. The van der Waals surface area contributed by atoms with Gasteiger partial charge in [-0.1, -0.05) is 11.6 Å². The van der Waals surface area contributed by atoms with E-state index >= 15 is 0 Å². The molecule has 0 radical (unpaired) electrons. The van der Waals surface area contributed by atoms with Gasteiger partial charge in [0.05, 0.1) is 23.6 Å². The van der Waals surface area contributed by atoms with Gasteiger partial charge < -0.3 is 10.4 Å². The minimum absolute atomic E-state index is 0.0103. The fraction of sp³-hybridized carbons (Fsp3) is 0. The van der Waals surface area contributed by atoms with E-state index in [1.54, 1.807) is 0 Å². The van der Waals surface area contributed by atoms with Gasteiger partial charge in [-0.25, -0.2) is 14.6 Å². The second kappa shape index (κ2) is 5.93. The van der Waals surface area contributed by atoms with Gasteiger partial charge in [0, 0.05) is 5.02 Å². The molecule has 3 N–H and O–H groups in total. The van der Waals surface area contributed by atoms with Crippen LogP contribution < -0.4 is 10.6 Å². The van der Waals surface area contributed by atoms with Crippen molar-refractivity contribution < 1.29 is 14.7 Å². The third-order valence-electron chi connectivity index (χ3n) is 2.17.